The number of hydrogen-bond acceptors (Lipinski definition) is 6. The number of aliphatic carboxylic acids is 1. The molecule has 33 heavy (non-hydrogen) atoms. The Kier molecular flexibility index (Phi) is 9.02. The van der Waals surface area contributed by atoms with Crippen molar-refractivity contribution < 1.29 is 23.8 Å². The summed E-state index contributed by atoms with van der Waals surface area (Å²) < 4.78 is 26.0. The molecule has 10 heteroatoms. The highest BCUT2D eigenvalue weighted by Crippen LogP contribution is 2.30. The van der Waals surface area contributed by atoms with Crippen molar-refractivity contribution in [3.63, 3.8) is 0 Å². The molecular formula is C23H25ClFN3O4S. The van der Waals surface area contributed by atoms with E-state index >= 15 is 0 Å². The van der Waals surface area contributed by atoms with Crippen molar-refractivity contribution in [3.8, 4) is 17.0 Å². The molecule has 0 aliphatic heterocycles. The number of benzene rings is 2. The average Bonchev–Trinajstić information content (AvgIpc) is 3.17. The van der Waals surface area contributed by atoms with E-state index in [1.165, 1.54) is 23.5 Å². The zero-order valence-electron chi connectivity index (χ0n) is 18.3. The van der Waals surface area contributed by atoms with Crippen molar-refractivity contribution >= 4 is 34.6 Å². The van der Waals surface area contributed by atoms with Gasteiger partial charge in [0.05, 0.1) is 19.4 Å². The van der Waals surface area contributed by atoms with E-state index in [0.717, 1.165) is 16.1 Å². The SMILES string of the molecule is COc1cc(Cl)ccc1N=c1scc(-c2ccc(F)cc2)n1CC(C)NCCOCC(=O)O. The number of nitrogens with zero attached hydrogens (tertiary/aromatic N) is 2. The van der Waals surface area contributed by atoms with Crippen LogP contribution >= 0.6 is 22.9 Å². The predicted octanol–water partition coefficient (Wildman–Crippen LogP) is 4.33. The second-order valence-electron chi connectivity index (χ2n) is 7.25. The Labute approximate surface area is 200 Å². The molecule has 0 radical (unpaired) electrons. The number of carboxylic acid groups (broad SMARTS) is 1. The van der Waals surface area contributed by atoms with Gasteiger partial charge in [-0.1, -0.05) is 11.6 Å². The van der Waals surface area contributed by atoms with Crippen LogP contribution in [0.4, 0.5) is 10.1 Å². The van der Waals surface area contributed by atoms with Crippen molar-refractivity contribution in [1.29, 1.82) is 0 Å². The molecule has 176 valence electrons. The molecule has 2 aromatic carbocycles. The monoisotopic (exact) mass is 493 g/mol. The van der Waals surface area contributed by atoms with Gasteiger partial charge in [-0.3, -0.25) is 0 Å². The molecule has 0 saturated carbocycles. The molecule has 0 bridgehead atoms. The molecule has 0 aliphatic carbocycles. The zero-order chi connectivity index (χ0) is 23.8. The Hall–Kier alpha value is -2.72. The van der Waals surface area contributed by atoms with Crippen LogP contribution in [0.1, 0.15) is 6.92 Å². The van der Waals surface area contributed by atoms with Gasteiger partial charge in [-0.15, -0.1) is 11.3 Å². The molecule has 0 saturated heterocycles. The first-order chi connectivity index (χ1) is 15.9. The van der Waals surface area contributed by atoms with Gasteiger partial charge in [0, 0.05) is 35.6 Å². The fourth-order valence-corrected chi connectivity index (χ4v) is 4.26. The second-order valence-corrected chi connectivity index (χ2v) is 8.52. The fourth-order valence-electron chi connectivity index (χ4n) is 3.17. The number of carboxylic acids is 1. The Balaban J connectivity index is 1.89. The summed E-state index contributed by atoms with van der Waals surface area (Å²) in [5.74, 6) is -0.732. The first kappa shape index (κ1) is 24.9. The maximum atomic E-state index is 13.5. The van der Waals surface area contributed by atoms with E-state index < -0.39 is 5.97 Å². The van der Waals surface area contributed by atoms with E-state index in [-0.39, 0.29) is 25.1 Å². The minimum absolute atomic E-state index is 0.0262. The zero-order valence-corrected chi connectivity index (χ0v) is 19.8. The molecule has 1 atom stereocenters. The topological polar surface area (TPSA) is 85.1 Å². The minimum Gasteiger partial charge on any atom is -0.494 e. The largest absolute Gasteiger partial charge is 0.494 e. The molecule has 0 amide bonds. The van der Waals surface area contributed by atoms with Gasteiger partial charge in [0.1, 0.15) is 23.9 Å². The van der Waals surface area contributed by atoms with E-state index in [4.69, 9.17) is 31.2 Å². The molecule has 7 nitrogen and oxygen atoms in total. The normalized spacial score (nSPS) is 12.7. The van der Waals surface area contributed by atoms with Crippen LogP contribution in [0.3, 0.4) is 0 Å². The fraction of sp³-hybridized carbons (Fsp3) is 0.304. The predicted molar refractivity (Wildman–Crippen MR) is 127 cm³/mol. The first-order valence-corrected chi connectivity index (χ1v) is 11.5. The van der Waals surface area contributed by atoms with Crippen LogP contribution in [0.5, 0.6) is 5.75 Å². The molecule has 0 aliphatic rings. The number of aromatic nitrogens is 1. The van der Waals surface area contributed by atoms with E-state index in [2.05, 4.69) is 9.88 Å². The lowest BCUT2D eigenvalue weighted by Gasteiger charge is -2.17. The Morgan fingerprint density at radius 3 is 2.76 bits per heavy atom. The third-order valence-corrected chi connectivity index (χ3v) is 5.82. The van der Waals surface area contributed by atoms with Crippen molar-refractivity contribution in [3.05, 3.63) is 63.5 Å². The average molecular weight is 494 g/mol. The summed E-state index contributed by atoms with van der Waals surface area (Å²) in [5, 5.41) is 14.5. The number of hydrogen-bond donors (Lipinski definition) is 2. The first-order valence-electron chi connectivity index (χ1n) is 10.2. The van der Waals surface area contributed by atoms with Crippen LogP contribution in [-0.2, 0) is 16.1 Å². The summed E-state index contributed by atoms with van der Waals surface area (Å²) in [7, 11) is 1.57. The summed E-state index contributed by atoms with van der Waals surface area (Å²) in [6, 6.07) is 11.6. The quantitative estimate of drug-likeness (QED) is 0.388. The number of ether oxygens (including phenoxy) is 2. The van der Waals surface area contributed by atoms with Crippen LogP contribution in [0.15, 0.2) is 52.8 Å². The van der Waals surface area contributed by atoms with E-state index in [9.17, 15) is 9.18 Å². The van der Waals surface area contributed by atoms with Crippen LogP contribution in [0.25, 0.3) is 11.3 Å². The van der Waals surface area contributed by atoms with E-state index in [1.54, 1.807) is 37.4 Å². The van der Waals surface area contributed by atoms with Crippen LogP contribution in [0, 0.1) is 5.82 Å². The molecular weight excluding hydrogens is 469 g/mol. The van der Waals surface area contributed by atoms with Gasteiger partial charge in [-0.05, 0) is 48.9 Å². The van der Waals surface area contributed by atoms with Crippen LogP contribution in [-0.4, -0.2) is 48.6 Å². The summed E-state index contributed by atoms with van der Waals surface area (Å²) in [6.45, 7) is 3.06. The molecule has 0 spiro atoms. The molecule has 3 rings (SSSR count). The highest BCUT2D eigenvalue weighted by atomic mass is 35.5. The highest BCUT2D eigenvalue weighted by molar-refractivity contribution is 7.07. The molecule has 0 fully saturated rings. The number of methoxy groups -OCH3 is 1. The number of nitrogens with one attached hydrogen (secondary N) is 1. The van der Waals surface area contributed by atoms with Crippen LogP contribution < -0.4 is 14.9 Å². The number of carbonyl (C=O) groups is 1. The van der Waals surface area contributed by atoms with E-state index in [0.29, 0.717) is 29.5 Å². The molecule has 1 unspecified atom stereocenters. The molecule has 2 N–H and O–H groups in total. The summed E-state index contributed by atoms with van der Waals surface area (Å²) in [4.78, 5) is 16.1. The van der Waals surface area contributed by atoms with Crippen molar-refractivity contribution in [2.45, 2.75) is 19.5 Å². The smallest absolute Gasteiger partial charge is 0.329 e. The Bertz CT molecular complexity index is 1150. The maximum Gasteiger partial charge on any atom is 0.329 e. The van der Waals surface area contributed by atoms with Crippen molar-refractivity contribution in [2.75, 3.05) is 26.9 Å². The lowest BCUT2D eigenvalue weighted by Crippen LogP contribution is -2.35. The van der Waals surface area contributed by atoms with Gasteiger partial charge in [-0.2, -0.15) is 0 Å². The lowest BCUT2D eigenvalue weighted by atomic mass is 10.1. The maximum absolute atomic E-state index is 13.5. The number of rotatable bonds is 11. The van der Waals surface area contributed by atoms with Gasteiger partial charge in [0.15, 0.2) is 4.80 Å². The van der Waals surface area contributed by atoms with Gasteiger partial charge in [-0.25, -0.2) is 14.2 Å². The lowest BCUT2D eigenvalue weighted by molar-refractivity contribution is -0.142. The summed E-state index contributed by atoms with van der Waals surface area (Å²) in [5.41, 5.74) is 2.42. The third-order valence-electron chi connectivity index (χ3n) is 4.72. The van der Waals surface area contributed by atoms with E-state index in [1.807, 2.05) is 12.3 Å². The number of thiazole rings is 1. The van der Waals surface area contributed by atoms with Crippen LogP contribution in [0.2, 0.25) is 5.02 Å². The standard InChI is InChI=1S/C23H25ClFN3O4S/c1-15(26-9-10-32-13-22(29)30)12-28-20(16-3-6-18(25)7-4-16)14-33-23(28)27-19-8-5-17(24)11-21(19)31-2/h3-8,11,14-15,26H,9-10,12-13H2,1-2H3,(H,29,30). The van der Waals surface area contributed by atoms with Gasteiger partial charge < -0.3 is 24.5 Å². The molecule has 1 heterocycles. The highest BCUT2D eigenvalue weighted by Gasteiger charge is 2.13. The summed E-state index contributed by atoms with van der Waals surface area (Å²) in [6.07, 6.45) is 0. The van der Waals surface area contributed by atoms with Crippen molar-refractivity contribution in [2.24, 2.45) is 4.99 Å². The summed E-state index contributed by atoms with van der Waals surface area (Å²) >= 11 is 7.54. The second kappa shape index (κ2) is 11.9. The van der Waals surface area contributed by atoms with Crippen molar-refractivity contribution in [1.82, 2.24) is 9.88 Å². The Morgan fingerprint density at radius 2 is 2.06 bits per heavy atom. The molecule has 1 aromatic heterocycles. The Morgan fingerprint density at radius 1 is 1.30 bits per heavy atom. The van der Waals surface area contributed by atoms with Gasteiger partial charge in [0.2, 0.25) is 0 Å². The number of halogens is 2. The third kappa shape index (κ3) is 7.13. The molecule has 3 aromatic rings. The van der Waals surface area contributed by atoms with Gasteiger partial charge in [0.25, 0.3) is 0 Å². The minimum atomic E-state index is -0.996. The van der Waals surface area contributed by atoms with Gasteiger partial charge >= 0.3 is 5.97 Å².